The van der Waals surface area contributed by atoms with Crippen LogP contribution in [0.2, 0.25) is 0 Å². The summed E-state index contributed by atoms with van der Waals surface area (Å²) in [6.07, 6.45) is 0. The normalized spacial score (nSPS) is 20.7. The van der Waals surface area contributed by atoms with Gasteiger partial charge in [0.1, 0.15) is 23.4 Å². The number of primary amides is 1. The lowest BCUT2D eigenvalue weighted by Gasteiger charge is -2.31. The number of para-hydroxylation sites is 1. The van der Waals surface area contributed by atoms with E-state index >= 15 is 0 Å². The number of anilines is 1. The van der Waals surface area contributed by atoms with Gasteiger partial charge in [0.05, 0.1) is 10.9 Å². The number of benzene rings is 2. The number of carbonyl (C=O) groups is 4. The van der Waals surface area contributed by atoms with Crippen molar-refractivity contribution in [2.45, 2.75) is 22.7 Å². The van der Waals surface area contributed by atoms with E-state index in [1.807, 2.05) is 0 Å². The van der Waals surface area contributed by atoms with Crippen molar-refractivity contribution >= 4 is 52.5 Å². The fourth-order valence-corrected chi connectivity index (χ4v) is 7.20. The minimum Gasteiger partial charge on any atom is -0.508 e. The molecule has 0 spiro atoms. The molecule has 2 aromatic carbocycles. The molecule has 13 heteroatoms. The molecule has 5 amide bonds. The maximum atomic E-state index is 13.2. The number of halogens is 1. The molecule has 0 saturated carbocycles. The molecule has 3 aromatic rings. The van der Waals surface area contributed by atoms with Gasteiger partial charge in [0.15, 0.2) is 0 Å². The van der Waals surface area contributed by atoms with E-state index in [2.05, 4.69) is 5.32 Å². The maximum absolute atomic E-state index is 13.2. The van der Waals surface area contributed by atoms with Gasteiger partial charge in [0.2, 0.25) is 11.8 Å². The Labute approximate surface area is 210 Å². The van der Waals surface area contributed by atoms with Gasteiger partial charge in [-0.25, -0.2) is 9.18 Å². The number of imide groups is 3. The molecule has 1 aromatic heterocycles. The molecule has 2 aliphatic heterocycles. The Balaban J connectivity index is 1.57. The Bertz CT molecular complexity index is 1480. The van der Waals surface area contributed by atoms with Crippen LogP contribution in [-0.4, -0.2) is 43.6 Å². The van der Waals surface area contributed by atoms with Crippen LogP contribution in [-0.2, 0) is 20.9 Å². The minimum absolute atomic E-state index is 0.154. The fraction of sp³-hybridized carbons (Fsp3) is 0.174. The highest BCUT2D eigenvalue weighted by Gasteiger charge is 2.58. The lowest BCUT2D eigenvalue weighted by Crippen LogP contribution is -2.41. The predicted octanol–water partition coefficient (Wildman–Crippen LogP) is 2.06. The van der Waals surface area contributed by atoms with Crippen LogP contribution >= 0.6 is 23.1 Å². The van der Waals surface area contributed by atoms with Gasteiger partial charge in [-0.15, -0.1) is 0 Å². The zero-order chi connectivity index (χ0) is 25.7. The molecule has 4 N–H and O–H groups in total. The number of nitrogens with one attached hydrogen (secondary N) is 1. The number of likely N-dealkylation sites (tertiary alicyclic amines) is 1. The molecule has 0 radical (unpaired) electrons. The molecule has 36 heavy (non-hydrogen) atoms. The van der Waals surface area contributed by atoms with Crippen LogP contribution in [0.3, 0.4) is 0 Å². The van der Waals surface area contributed by atoms with Gasteiger partial charge in [-0.1, -0.05) is 41.3 Å². The number of nitrogens with zero attached hydrogens (tertiary/aromatic N) is 2. The second-order valence-corrected chi connectivity index (χ2v) is 10.3. The first kappa shape index (κ1) is 23.8. The van der Waals surface area contributed by atoms with Crippen molar-refractivity contribution < 1.29 is 28.7 Å². The number of hydrogen-bond donors (Lipinski definition) is 3. The van der Waals surface area contributed by atoms with E-state index < -0.39 is 58.1 Å². The molecule has 184 valence electrons. The number of thiazole rings is 1. The molecule has 1 fully saturated rings. The van der Waals surface area contributed by atoms with Gasteiger partial charge in [-0.05, 0) is 30.3 Å². The summed E-state index contributed by atoms with van der Waals surface area (Å²) < 4.78 is 14.3. The van der Waals surface area contributed by atoms with E-state index in [0.29, 0.717) is 21.0 Å². The Hall–Kier alpha value is -3.97. The topological polar surface area (TPSA) is 152 Å². The summed E-state index contributed by atoms with van der Waals surface area (Å²) >= 11 is 1.69. The Morgan fingerprint density at radius 2 is 1.75 bits per heavy atom. The number of carbonyl (C=O) groups excluding carboxylic acids is 4. The first-order chi connectivity index (χ1) is 17.2. The highest BCUT2D eigenvalue weighted by Crippen LogP contribution is 2.54. The molecule has 1 saturated heterocycles. The number of phenols is 1. The summed E-state index contributed by atoms with van der Waals surface area (Å²) in [6.45, 7) is -0.415. The van der Waals surface area contributed by atoms with Crippen LogP contribution < -0.4 is 15.9 Å². The zero-order valence-electron chi connectivity index (χ0n) is 18.2. The van der Waals surface area contributed by atoms with E-state index in [1.165, 1.54) is 34.9 Å². The monoisotopic (exact) mass is 528 g/mol. The smallest absolute Gasteiger partial charge is 0.328 e. The van der Waals surface area contributed by atoms with E-state index in [1.54, 1.807) is 18.2 Å². The molecule has 0 unspecified atom stereocenters. The van der Waals surface area contributed by atoms with Crippen molar-refractivity contribution in [3.63, 3.8) is 0 Å². The third kappa shape index (κ3) is 3.85. The molecule has 3 heterocycles. The minimum atomic E-state index is -1.21. The molecular formula is C23H17FN4O6S2. The zero-order valence-corrected chi connectivity index (χ0v) is 19.8. The second kappa shape index (κ2) is 8.91. The molecule has 0 bridgehead atoms. The Kier molecular flexibility index (Phi) is 5.88. The Morgan fingerprint density at radius 1 is 1.06 bits per heavy atom. The first-order valence-corrected chi connectivity index (χ1v) is 12.3. The van der Waals surface area contributed by atoms with Gasteiger partial charge in [0.25, 0.3) is 5.91 Å². The number of thioether (sulfide) groups is 1. The molecule has 10 nitrogen and oxygen atoms in total. The van der Waals surface area contributed by atoms with Crippen LogP contribution in [0.15, 0.2) is 58.4 Å². The lowest BCUT2D eigenvalue weighted by atomic mass is 9.82. The fourth-order valence-electron chi connectivity index (χ4n) is 4.44. The molecule has 5 rings (SSSR count). The number of urea groups is 1. The van der Waals surface area contributed by atoms with Gasteiger partial charge in [-0.3, -0.25) is 23.7 Å². The van der Waals surface area contributed by atoms with Crippen LogP contribution in [0.5, 0.6) is 5.75 Å². The van der Waals surface area contributed by atoms with Crippen LogP contribution in [0.25, 0.3) is 0 Å². The maximum Gasteiger partial charge on any atom is 0.328 e. The average Bonchev–Trinajstić information content (AvgIpc) is 3.27. The number of nitrogens with two attached hydrogens (primary N) is 1. The van der Waals surface area contributed by atoms with Crippen LogP contribution in [0, 0.1) is 11.7 Å². The SMILES string of the molecule is NC(=O)N1C(=O)[C@@H]2[C@H](c3ccccc3O)c3sc(=O)n(CC(=O)Nc4ccc(F)cc4)c3S[C@@H]2C1=O. The quantitative estimate of drug-likeness (QED) is 0.439. The number of fused-ring (bicyclic) bond motifs is 2. The van der Waals surface area contributed by atoms with Gasteiger partial charge in [-0.2, -0.15) is 4.90 Å². The largest absolute Gasteiger partial charge is 0.508 e. The van der Waals surface area contributed by atoms with E-state index in [0.717, 1.165) is 23.1 Å². The van der Waals surface area contributed by atoms with Gasteiger partial charge in [0, 0.05) is 22.0 Å². The molecule has 0 aliphatic carbocycles. The highest BCUT2D eigenvalue weighted by atomic mass is 32.2. The van der Waals surface area contributed by atoms with Crippen molar-refractivity contribution in [3.8, 4) is 5.75 Å². The Morgan fingerprint density at radius 3 is 2.42 bits per heavy atom. The number of phenolic OH excluding ortho intramolecular Hbond substituents is 1. The van der Waals surface area contributed by atoms with Gasteiger partial charge >= 0.3 is 10.9 Å². The lowest BCUT2D eigenvalue weighted by molar-refractivity contribution is -0.135. The molecule has 3 atom stereocenters. The number of hydrogen-bond acceptors (Lipinski definition) is 8. The summed E-state index contributed by atoms with van der Waals surface area (Å²) in [4.78, 5) is 63.9. The summed E-state index contributed by atoms with van der Waals surface area (Å²) in [5.41, 5.74) is 5.91. The predicted molar refractivity (Wildman–Crippen MR) is 128 cm³/mol. The van der Waals surface area contributed by atoms with E-state index in [-0.39, 0.29) is 10.8 Å². The van der Waals surface area contributed by atoms with Crippen molar-refractivity contribution in [1.29, 1.82) is 0 Å². The van der Waals surface area contributed by atoms with Crippen molar-refractivity contribution in [3.05, 3.63) is 74.5 Å². The van der Waals surface area contributed by atoms with Crippen LogP contribution in [0.1, 0.15) is 16.4 Å². The third-order valence-electron chi connectivity index (χ3n) is 5.97. The molecular weight excluding hydrogens is 511 g/mol. The summed E-state index contributed by atoms with van der Waals surface area (Å²) in [6, 6.07) is 10.1. The summed E-state index contributed by atoms with van der Waals surface area (Å²) in [5.74, 6) is -4.85. The third-order valence-corrected chi connectivity index (χ3v) is 8.57. The van der Waals surface area contributed by atoms with E-state index in [9.17, 15) is 33.5 Å². The summed E-state index contributed by atoms with van der Waals surface area (Å²) in [5, 5.41) is 12.3. The highest BCUT2D eigenvalue weighted by molar-refractivity contribution is 8.00. The van der Waals surface area contributed by atoms with Crippen molar-refractivity contribution in [1.82, 2.24) is 9.47 Å². The van der Waals surface area contributed by atoms with E-state index in [4.69, 9.17) is 5.73 Å². The average molecular weight is 529 g/mol. The number of amides is 5. The second-order valence-electron chi connectivity index (χ2n) is 8.13. The van der Waals surface area contributed by atoms with Crippen molar-refractivity contribution in [2.24, 2.45) is 11.7 Å². The standard InChI is InChI=1S/C23H17FN4O6S2/c24-10-5-7-11(8-6-10)26-14(30)9-27-21-18(36-23(27)34)15(12-3-1-2-4-13(12)29)16-17(35-21)20(32)28(19(16)31)22(25)33/h1-8,15-17,29H,9H2,(H2,25,33)(H,26,30)/t15-,16+,17-/m0/s1. The number of rotatable bonds is 4. The van der Waals surface area contributed by atoms with Gasteiger partial charge < -0.3 is 16.2 Å². The number of aromatic nitrogens is 1. The molecule has 2 aliphatic rings. The van der Waals surface area contributed by atoms with Crippen molar-refractivity contribution in [2.75, 3.05) is 5.32 Å². The first-order valence-electron chi connectivity index (χ1n) is 10.6. The van der Waals surface area contributed by atoms with Crippen LogP contribution in [0.4, 0.5) is 14.9 Å². The number of aromatic hydroxyl groups is 1. The summed E-state index contributed by atoms with van der Waals surface area (Å²) in [7, 11) is 0.